The van der Waals surface area contributed by atoms with Gasteiger partial charge in [-0.05, 0) is 49.2 Å². The smallest absolute Gasteiger partial charge is 0.192 e. The summed E-state index contributed by atoms with van der Waals surface area (Å²) in [6, 6.07) is 0. The number of allylic oxidation sites excluding steroid dienone is 1. The fourth-order valence-electron chi connectivity index (χ4n) is 3.58. The summed E-state index contributed by atoms with van der Waals surface area (Å²) in [5.41, 5.74) is 0. The lowest BCUT2D eigenvalue weighted by Gasteiger charge is -2.43. The zero-order valence-corrected chi connectivity index (χ0v) is 19.4. The average molecular weight is 381 g/mol. The minimum Gasteiger partial charge on any atom is -0.413 e. The van der Waals surface area contributed by atoms with E-state index >= 15 is 0 Å². The lowest BCUT2D eigenvalue weighted by atomic mass is 9.85. The third-order valence-electron chi connectivity index (χ3n) is 6.63. The molecule has 0 amide bonds. The van der Waals surface area contributed by atoms with Crippen LogP contribution in [-0.4, -0.2) is 25.6 Å². The lowest BCUT2D eigenvalue weighted by molar-refractivity contribution is 0.0126. The second-order valence-electron chi connectivity index (χ2n) is 9.94. The first kappa shape index (κ1) is 23.7. The molecule has 1 N–H and O–H groups in total. The van der Waals surface area contributed by atoms with Crippen molar-refractivity contribution in [2.45, 2.75) is 103 Å². The molecule has 0 aromatic heterocycles. The van der Waals surface area contributed by atoms with E-state index in [1.54, 1.807) is 0 Å². The molecule has 0 spiro atoms. The van der Waals surface area contributed by atoms with Gasteiger partial charge in [-0.3, -0.25) is 0 Å². The lowest BCUT2D eigenvalue weighted by Crippen LogP contribution is -2.48. The van der Waals surface area contributed by atoms with Crippen LogP contribution in [0.15, 0.2) is 24.8 Å². The molecule has 0 saturated heterocycles. The van der Waals surface area contributed by atoms with Crippen molar-refractivity contribution >= 4 is 8.32 Å². The van der Waals surface area contributed by atoms with Crippen molar-refractivity contribution in [3.05, 3.63) is 24.8 Å². The highest BCUT2D eigenvalue weighted by atomic mass is 28.4. The molecular weight excluding hydrogens is 336 g/mol. The van der Waals surface area contributed by atoms with Crippen molar-refractivity contribution in [2.75, 3.05) is 0 Å². The Bertz CT molecular complexity index is 444. The van der Waals surface area contributed by atoms with Crippen LogP contribution in [0.1, 0.15) is 73.1 Å². The van der Waals surface area contributed by atoms with Crippen LogP contribution in [0.25, 0.3) is 0 Å². The van der Waals surface area contributed by atoms with Crippen LogP contribution in [0.3, 0.4) is 0 Å². The molecule has 0 unspecified atom stereocenters. The third-order valence-corrected chi connectivity index (χ3v) is 11.1. The first-order valence-corrected chi connectivity index (χ1v) is 13.6. The highest BCUT2D eigenvalue weighted by Gasteiger charge is 2.42. The van der Waals surface area contributed by atoms with Crippen molar-refractivity contribution in [1.82, 2.24) is 0 Å². The van der Waals surface area contributed by atoms with E-state index in [1.165, 1.54) is 32.1 Å². The van der Waals surface area contributed by atoms with E-state index in [1.807, 2.05) is 6.08 Å². The second kappa shape index (κ2) is 10.2. The molecule has 1 fully saturated rings. The van der Waals surface area contributed by atoms with Gasteiger partial charge in [-0.2, -0.15) is 0 Å². The van der Waals surface area contributed by atoms with Crippen LogP contribution in [0.5, 0.6) is 0 Å². The van der Waals surface area contributed by atoms with Gasteiger partial charge >= 0.3 is 0 Å². The molecule has 1 aliphatic rings. The Balaban J connectivity index is 2.94. The van der Waals surface area contributed by atoms with Gasteiger partial charge in [0.2, 0.25) is 0 Å². The molecule has 1 rings (SSSR count). The van der Waals surface area contributed by atoms with Crippen molar-refractivity contribution in [3.8, 4) is 0 Å². The van der Waals surface area contributed by atoms with Crippen molar-refractivity contribution in [1.29, 1.82) is 0 Å². The molecule has 2 nitrogen and oxygen atoms in total. The van der Waals surface area contributed by atoms with Gasteiger partial charge in [0, 0.05) is 5.92 Å². The van der Waals surface area contributed by atoms with Gasteiger partial charge in [0.1, 0.15) is 0 Å². The molecule has 0 aromatic rings. The largest absolute Gasteiger partial charge is 0.413 e. The maximum absolute atomic E-state index is 10.6. The zero-order valence-electron chi connectivity index (χ0n) is 18.4. The van der Waals surface area contributed by atoms with E-state index < -0.39 is 14.4 Å². The molecule has 0 aromatic carbocycles. The van der Waals surface area contributed by atoms with Gasteiger partial charge in [0.15, 0.2) is 8.32 Å². The van der Waals surface area contributed by atoms with Crippen LogP contribution in [0.2, 0.25) is 18.1 Å². The molecule has 1 saturated carbocycles. The Morgan fingerprint density at radius 3 is 2.23 bits per heavy atom. The Kier molecular flexibility index (Phi) is 9.32. The molecule has 0 heterocycles. The molecule has 3 heteroatoms. The zero-order chi connectivity index (χ0) is 20.0. The Hall–Kier alpha value is -0.383. The van der Waals surface area contributed by atoms with Gasteiger partial charge in [0.25, 0.3) is 0 Å². The van der Waals surface area contributed by atoms with Gasteiger partial charge in [0.05, 0.1) is 12.2 Å². The van der Waals surface area contributed by atoms with E-state index in [2.05, 4.69) is 66.4 Å². The predicted octanol–water partition coefficient (Wildman–Crippen LogP) is 6.72. The maximum atomic E-state index is 10.6. The van der Waals surface area contributed by atoms with Crippen molar-refractivity contribution in [2.24, 2.45) is 17.8 Å². The summed E-state index contributed by atoms with van der Waals surface area (Å²) in [7, 11) is -1.90. The summed E-state index contributed by atoms with van der Waals surface area (Å²) in [5, 5.41) is 10.8. The number of hydrogen-bond donors (Lipinski definition) is 1. The van der Waals surface area contributed by atoms with Crippen LogP contribution in [0.4, 0.5) is 0 Å². The Morgan fingerprint density at radius 1 is 1.15 bits per heavy atom. The summed E-state index contributed by atoms with van der Waals surface area (Å²) in [6.07, 6.45) is 13.6. The van der Waals surface area contributed by atoms with E-state index in [0.717, 1.165) is 5.92 Å². The molecule has 0 bridgehead atoms. The molecule has 1 aliphatic carbocycles. The molecule has 0 radical (unpaired) electrons. The quantitative estimate of drug-likeness (QED) is 0.355. The normalized spacial score (nSPS) is 22.2. The third kappa shape index (κ3) is 6.98. The van der Waals surface area contributed by atoms with Gasteiger partial charge < -0.3 is 9.53 Å². The molecular formula is C23H44O2Si. The summed E-state index contributed by atoms with van der Waals surface area (Å²) in [4.78, 5) is 0. The monoisotopic (exact) mass is 380 g/mol. The van der Waals surface area contributed by atoms with E-state index in [9.17, 15) is 5.11 Å². The molecule has 4 atom stereocenters. The summed E-state index contributed by atoms with van der Waals surface area (Å²) < 4.78 is 6.83. The maximum Gasteiger partial charge on any atom is 0.192 e. The van der Waals surface area contributed by atoms with Crippen molar-refractivity contribution in [3.63, 3.8) is 0 Å². The van der Waals surface area contributed by atoms with Crippen LogP contribution >= 0.6 is 0 Å². The fourth-order valence-corrected chi connectivity index (χ4v) is 5.05. The van der Waals surface area contributed by atoms with E-state index in [-0.39, 0.29) is 17.1 Å². The SMILES string of the molecule is C=CC[C@H](O)[C@H](C)[C@@H](O[Si](C)(C)C(C)(C)C)[C@@H](C)/C=C/C1CCCCC1. The number of aliphatic hydroxyl groups excluding tert-OH is 1. The molecule has 26 heavy (non-hydrogen) atoms. The minimum atomic E-state index is -1.90. The Morgan fingerprint density at radius 2 is 1.73 bits per heavy atom. The van der Waals surface area contributed by atoms with Gasteiger partial charge in [-0.25, -0.2) is 0 Å². The first-order valence-electron chi connectivity index (χ1n) is 10.6. The van der Waals surface area contributed by atoms with Gasteiger partial charge in [-0.15, -0.1) is 6.58 Å². The highest BCUT2D eigenvalue weighted by molar-refractivity contribution is 6.74. The van der Waals surface area contributed by atoms with E-state index in [0.29, 0.717) is 12.3 Å². The number of rotatable bonds is 9. The van der Waals surface area contributed by atoms with Crippen LogP contribution in [-0.2, 0) is 4.43 Å². The topological polar surface area (TPSA) is 29.5 Å². The molecule has 152 valence electrons. The van der Waals surface area contributed by atoms with Crippen LogP contribution in [0, 0.1) is 17.8 Å². The van der Waals surface area contributed by atoms with Crippen LogP contribution < -0.4 is 0 Å². The summed E-state index contributed by atoms with van der Waals surface area (Å²) in [6.45, 7) is 19.7. The molecule has 0 aliphatic heterocycles. The fraction of sp³-hybridized carbons (Fsp3) is 0.826. The second-order valence-corrected chi connectivity index (χ2v) is 14.7. The standard InChI is InChI=1S/C23H44O2Si/c1-9-13-21(24)19(3)22(25-26(7,8)23(4,5)6)18(2)16-17-20-14-11-10-12-15-20/h9,16-22,24H,1,10-15H2,2-8H3/b17-16+/t18-,19-,21-,22-/m0/s1. The Labute approximate surface area is 164 Å². The predicted molar refractivity (Wildman–Crippen MR) is 117 cm³/mol. The van der Waals surface area contributed by atoms with Gasteiger partial charge in [-0.1, -0.05) is 72.1 Å². The summed E-state index contributed by atoms with van der Waals surface area (Å²) in [5.74, 6) is 1.13. The van der Waals surface area contributed by atoms with E-state index in [4.69, 9.17) is 4.43 Å². The summed E-state index contributed by atoms with van der Waals surface area (Å²) >= 11 is 0. The number of hydrogen-bond acceptors (Lipinski definition) is 2. The minimum absolute atomic E-state index is 0.0469. The van der Waals surface area contributed by atoms with Crippen molar-refractivity contribution < 1.29 is 9.53 Å². The highest BCUT2D eigenvalue weighted by Crippen LogP contribution is 2.40. The number of aliphatic hydroxyl groups is 1. The average Bonchev–Trinajstić information content (AvgIpc) is 2.57. The first-order chi connectivity index (χ1) is 12.0.